The van der Waals surface area contributed by atoms with Crippen LogP contribution in [0.1, 0.15) is 61.7 Å². The molecule has 7 aromatic rings. The van der Waals surface area contributed by atoms with Crippen LogP contribution in [0.25, 0.3) is 33.4 Å². The van der Waals surface area contributed by atoms with Crippen LogP contribution in [0.3, 0.4) is 0 Å². The number of fused-ring (bicyclic) bond motifs is 1. The van der Waals surface area contributed by atoms with Crippen molar-refractivity contribution >= 4 is 96.6 Å². The number of carbonyl (C=O) groups excluding carboxylic acids is 3. The summed E-state index contributed by atoms with van der Waals surface area (Å²) in [6.07, 6.45) is 1.73. The lowest BCUT2D eigenvalue weighted by Crippen LogP contribution is -2.34. The van der Waals surface area contributed by atoms with Crippen molar-refractivity contribution in [1.29, 1.82) is 0 Å². The number of carbonyl (C=O) groups is 5. The van der Waals surface area contributed by atoms with Gasteiger partial charge in [-0.3, -0.25) is 4.79 Å². The molecule has 3 atom stereocenters. The molecular weight excluding hydrogens is 1230 g/mol. The molecular formula is C58H64Br3N3O14Si. The summed E-state index contributed by atoms with van der Waals surface area (Å²) in [5, 5.41) is 53.9. The van der Waals surface area contributed by atoms with Gasteiger partial charge in [0.05, 0.1) is 20.3 Å². The minimum Gasteiger partial charge on any atom is -0.496 e. The van der Waals surface area contributed by atoms with Crippen LogP contribution >= 0.6 is 47.8 Å². The molecule has 0 saturated carbocycles. The number of aliphatic hydroxyl groups is 3. The molecule has 0 aliphatic rings. The Labute approximate surface area is 484 Å². The van der Waals surface area contributed by atoms with E-state index in [1.54, 1.807) is 117 Å². The van der Waals surface area contributed by atoms with E-state index < -0.39 is 54.5 Å². The monoisotopic (exact) mass is 1290 g/mol. The van der Waals surface area contributed by atoms with Crippen LogP contribution in [0, 0.1) is 0 Å². The summed E-state index contributed by atoms with van der Waals surface area (Å²) in [5.74, 6) is -3.95. The van der Waals surface area contributed by atoms with Gasteiger partial charge in [0.15, 0.2) is 22.5 Å². The fourth-order valence-corrected chi connectivity index (χ4v) is 9.00. The van der Waals surface area contributed by atoms with Crippen molar-refractivity contribution in [2.45, 2.75) is 83.8 Å². The summed E-state index contributed by atoms with van der Waals surface area (Å²) in [7, 11) is 0.405. The Morgan fingerprint density at radius 1 is 0.633 bits per heavy atom. The van der Waals surface area contributed by atoms with Gasteiger partial charge >= 0.3 is 23.9 Å². The van der Waals surface area contributed by atoms with Crippen molar-refractivity contribution in [1.82, 2.24) is 14.8 Å². The predicted molar refractivity (Wildman–Crippen MR) is 313 cm³/mol. The average Bonchev–Trinajstić information content (AvgIpc) is 3.82. The Hall–Kier alpha value is -6.43. The first kappa shape index (κ1) is 65.1. The minimum atomic E-state index is -2.01. The van der Waals surface area contributed by atoms with Crippen LogP contribution in [-0.2, 0) is 56.9 Å². The van der Waals surface area contributed by atoms with Crippen LogP contribution in [0.15, 0.2) is 147 Å². The van der Waals surface area contributed by atoms with E-state index in [0.29, 0.717) is 40.4 Å². The number of hydrogen-bond donors (Lipinski definition) is 5. The van der Waals surface area contributed by atoms with Gasteiger partial charge in [-0.15, -0.1) is 0 Å². The fraction of sp³-hybridized carbons (Fsp3) is 0.293. The number of hydrogen-bond acceptors (Lipinski definition) is 14. The molecule has 0 radical (unpaired) electrons. The molecule has 79 heavy (non-hydrogen) atoms. The second-order valence-corrected chi connectivity index (χ2v) is 27.6. The number of ketones is 1. The zero-order chi connectivity index (χ0) is 58.9. The van der Waals surface area contributed by atoms with Crippen molar-refractivity contribution in [3.8, 4) is 28.1 Å². The number of Topliss-reactive ketones (excluding diaryl/α,β-unsaturated/α-hetero) is 1. The standard InChI is InChI=1S/C28H33N3O5Si.C11H13BrO3.C10H9BrO3.C9H9BrO3/c1-28(34,27(32)33)21-10-8-9-19(15-21)20-16-23-25(22-11-6-7-12-24(22)35-2)30-31(26(23)29-17-20)18-36-13-14-37(3,4)5;1-3-15-10(13)11(2,14)8-5-4-6-9(12)7-8;1-2-14-10(13)9(12)7-4-3-5-8(11)6-7;1-9(13,8(11)12)6-3-2-4-7(10)5-6/h6-12,15-17,34H,13-14,18H2,1-5H3,(H,32,33);4-7,14H,3H2,1-2H3;3-6H,2H2,1H3;2-5,13H,1H3,(H,11,12). The molecule has 420 valence electrons. The number of aromatic nitrogens is 3. The van der Waals surface area contributed by atoms with Gasteiger partial charge in [0.25, 0.3) is 5.78 Å². The quantitative estimate of drug-likeness (QED) is 0.0176. The van der Waals surface area contributed by atoms with Crippen molar-refractivity contribution in [2.75, 3.05) is 26.9 Å². The Morgan fingerprint density at radius 3 is 1.67 bits per heavy atom. The van der Waals surface area contributed by atoms with Crippen molar-refractivity contribution in [2.24, 2.45) is 0 Å². The number of halogens is 3. The highest BCUT2D eigenvalue weighted by Gasteiger charge is 2.35. The van der Waals surface area contributed by atoms with E-state index in [-0.39, 0.29) is 25.5 Å². The third-order valence-corrected chi connectivity index (χ3v) is 14.9. The largest absolute Gasteiger partial charge is 0.496 e. The number of carboxylic acids is 2. The van der Waals surface area contributed by atoms with Gasteiger partial charge in [0.1, 0.15) is 18.2 Å². The average molecular weight is 1290 g/mol. The summed E-state index contributed by atoms with van der Waals surface area (Å²) in [6, 6.07) is 37.7. The SMILES string of the molecule is CC(O)(C(=O)O)c1cccc(Br)c1.CCOC(=O)C(=O)c1cccc(Br)c1.CCOC(=O)C(C)(O)c1cccc(Br)c1.COc1ccccc1-c1nn(COCC[Si](C)(C)C)c2ncc(-c3cccc(C(C)(O)C(=O)O)c3)cc12. The zero-order valence-corrected chi connectivity index (χ0v) is 50.9. The first-order valence-corrected chi connectivity index (χ1v) is 30.7. The molecule has 7 rings (SSSR count). The highest BCUT2D eigenvalue weighted by atomic mass is 79.9. The third kappa shape index (κ3) is 18.3. The molecule has 0 fully saturated rings. The van der Waals surface area contributed by atoms with Crippen LogP contribution in [0.4, 0.5) is 0 Å². The molecule has 0 bridgehead atoms. The molecule has 17 nitrogen and oxygen atoms in total. The number of aliphatic carboxylic acids is 2. The molecule has 21 heteroatoms. The molecule has 0 aliphatic heterocycles. The smallest absolute Gasteiger partial charge is 0.379 e. The fourth-order valence-electron chi connectivity index (χ4n) is 7.04. The van der Waals surface area contributed by atoms with Crippen molar-refractivity contribution in [3.05, 3.63) is 169 Å². The van der Waals surface area contributed by atoms with Crippen LogP contribution in [-0.4, -0.2) is 105 Å². The van der Waals surface area contributed by atoms with E-state index in [9.17, 15) is 44.4 Å². The number of para-hydroxylation sites is 1. The molecule has 0 aliphatic carbocycles. The first-order valence-electron chi connectivity index (χ1n) is 24.6. The number of carboxylic acid groups (broad SMARTS) is 2. The van der Waals surface area contributed by atoms with Crippen LogP contribution in [0.2, 0.25) is 25.7 Å². The number of esters is 2. The summed E-state index contributed by atoms with van der Waals surface area (Å²) in [5.41, 5.74) is -0.230. The third-order valence-electron chi connectivity index (χ3n) is 11.7. The van der Waals surface area contributed by atoms with Crippen LogP contribution in [0.5, 0.6) is 5.75 Å². The number of methoxy groups -OCH3 is 1. The number of nitrogens with zero attached hydrogens (tertiary/aromatic N) is 3. The topological polar surface area (TPSA) is 254 Å². The van der Waals surface area contributed by atoms with Crippen LogP contribution < -0.4 is 4.74 Å². The van der Waals surface area contributed by atoms with Crippen molar-refractivity contribution < 1.29 is 68.5 Å². The van der Waals surface area contributed by atoms with Gasteiger partial charge in [-0.05, 0) is 124 Å². The van der Waals surface area contributed by atoms with Gasteiger partial charge in [-0.1, -0.05) is 134 Å². The normalized spacial score (nSPS) is 13.2. The Bertz CT molecular complexity index is 3250. The van der Waals surface area contributed by atoms with Gasteiger partial charge in [0, 0.05) is 56.4 Å². The molecule has 5 N–H and O–H groups in total. The molecule has 0 amide bonds. The molecule has 5 aromatic carbocycles. The van der Waals surface area contributed by atoms with E-state index in [1.807, 2.05) is 42.5 Å². The second-order valence-electron chi connectivity index (χ2n) is 19.2. The Morgan fingerprint density at radius 2 is 1.15 bits per heavy atom. The lowest BCUT2D eigenvalue weighted by atomic mass is 9.93. The number of ether oxygens (including phenoxy) is 4. The molecule has 0 spiro atoms. The van der Waals surface area contributed by atoms with Gasteiger partial charge in [-0.2, -0.15) is 5.10 Å². The molecule has 0 saturated heterocycles. The predicted octanol–water partition coefficient (Wildman–Crippen LogP) is 11.5. The van der Waals surface area contributed by atoms with E-state index in [1.165, 1.54) is 20.8 Å². The van der Waals surface area contributed by atoms with E-state index in [0.717, 1.165) is 41.5 Å². The highest BCUT2D eigenvalue weighted by Crippen LogP contribution is 2.36. The second kappa shape index (κ2) is 29.2. The molecule has 3 unspecified atom stereocenters. The molecule has 2 heterocycles. The first-order chi connectivity index (χ1) is 37.1. The van der Waals surface area contributed by atoms with Gasteiger partial charge in [-0.25, -0.2) is 28.8 Å². The van der Waals surface area contributed by atoms with E-state index >= 15 is 0 Å². The number of benzene rings is 5. The summed E-state index contributed by atoms with van der Waals surface area (Å²) in [6.45, 7) is 15.6. The number of rotatable bonds is 18. The van der Waals surface area contributed by atoms with Crippen molar-refractivity contribution in [3.63, 3.8) is 0 Å². The summed E-state index contributed by atoms with van der Waals surface area (Å²) in [4.78, 5) is 60.9. The maximum Gasteiger partial charge on any atom is 0.379 e. The highest BCUT2D eigenvalue weighted by molar-refractivity contribution is 9.11. The molecule has 2 aromatic heterocycles. The lowest BCUT2D eigenvalue weighted by molar-refractivity contribution is -0.164. The summed E-state index contributed by atoms with van der Waals surface area (Å²) >= 11 is 9.69. The Kier molecular flexibility index (Phi) is 24.0. The summed E-state index contributed by atoms with van der Waals surface area (Å²) < 4.78 is 25.0. The lowest BCUT2D eigenvalue weighted by Gasteiger charge is -2.21. The van der Waals surface area contributed by atoms with E-state index in [2.05, 4.69) is 72.2 Å². The minimum absolute atomic E-state index is 0.207. The zero-order valence-electron chi connectivity index (χ0n) is 45.1. The maximum absolute atomic E-state index is 11.6. The Balaban J connectivity index is 0.000000262. The van der Waals surface area contributed by atoms with Gasteiger partial charge < -0.3 is 44.5 Å². The van der Waals surface area contributed by atoms with E-state index in [4.69, 9.17) is 29.4 Å². The maximum atomic E-state index is 11.6. The number of pyridine rings is 1. The van der Waals surface area contributed by atoms with Gasteiger partial charge in [0.2, 0.25) is 0 Å².